The second-order valence-corrected chi connectivity index (χ2v) is 7.11. The van der Waals surface area contributed by atoms with E-state index in [1.165, 1.54) is 0 Å². The molecule has 1 heterocycles. The minimum absolute atomic E-state index is 0.193. The molecule has 2 N–H and O–H groups in total. The number of ether oxygens (including phenoxy) is 1. The molecular formula is C17H26N2O5. The Balaban J connectivity index is 2.00. The zero-order valence-electron chi connectivity index (χ0n) is 14.6. The van der Waals surface area contributed by atoms with Gasteiger partial charge in [-0.1, -0.05) is 11.6 Å². The third kappa shape index (κ3) is 5.06. The maximum atomic E-state index is 12.4. The molecule has 1 aromatic rings. The Labute approximate surface area is 141 Å². The average Bonchev–Trinajstić information content (AvgIpc) is 2.74. The van der Waals surface area contributed by atoms with Crippen molar-refractivity contribution in [2.75, 3.05) is 6.61 Å². The average molecular weight is 338 g/mol. The summed E-state index contributed by atoms with van der Waals surface area (Å²) < 4.78 is 10.8. The van der Waals surface area contributed by atoms with Crippen molar-refractivity contribution in [1.29, 1.82) is 0 Å². The van der Waals surface area contributed by atoms with Crippen molar-refractivity contribution in [2.24, 2.45) is 0 Å². The lowest BCUT2D eigenvalue weighted by molar-refractivity contribution is -0.140. The van der Waals surface area contributed by atoms with E-state index in [2.05, 4.69) is 10.5 Å². The van der Waals surface area contributed by atoms with Crippen LogP contribution in [0.15, 0.2) is 4.52 Å². The number of hydrogen-bond acceptors (Lipinski definition) is 5. The van der Waals surface area contributed by atoms with Gasteiger partial charge in [0, 0.05) is 25.0 Å². The van der Waals surface area contributed by atoms with Gasteiger partial charge in [0.05, 0.1) is 5.60 Å². The van der Waals surface area contributed by atoms with Crippen molar-refractivity contribution in [2.45, 2.75) is 70.9 Å². The highest BCUT2D eigenvalue weighted by Crippen LogP contribution is 2.23. The minimum atomic E-state index is -1.09. The van der Waals surface area contributed by atoms with Crippen LogP contribution >= 0.6 is 0 Å². The molecular weight excluding hydrogens is 312 g/mol. The Morgan fingerprint density at radius 2 is 2.00 bits per heavy atom. The number of aryl methyl sites for hydroxylation is 1. The highest BCUT2D eigenvalue weighted by Gasteiger charge is 2.27. The molecule has 2 rings (SSSR count). The molecule has 0 radical (unpaired) electrons. The van der Waals surface area contributed by atoms with Gasteiger partial charge in [0.15, 0.2) is 5.69 Å². The minimum Gasteiger partial charge on any atom is -0.480 e. The van der Waals surface area contributed by atoms with Crippen LogP contribution in [0.4, 0.5) is 0 Å². The van der Waals surface area contributed by atoms with Gasteiger partial charge in [0.25, 0.3) is 5.91 Å². The molecule has 1 atom stereocenters. The number of aromatic nitrogens is 1. The first-order valence-corrected chi connectivity index (χ1v) is 8.43. The number of carbonyl (C=O) groups is 2. The maximum absolute atomic E-state index is 12.4. The summed E-state index contributed by atoms with van der Waals surface area (Å²) in [5.41, 5.74) is 0.686. The molecule has 1 aliphatic carbocycles. The van der Waals surface area contributed by atoms with Crippen molar-refractivity contribution < 1.29 is 24.0 Å². The lowest BCUT2D eigenvalue weighted by Gasteiger charge is -2.21. The lowest BCUT2D eigenvalue weighted by atomic mass is 10.1. The summed E-state index contributed by atoms with van der Waals surface area (Å²) >= 11 is 0. The van der Waals surface area contributed by atoms with E-state index in [0.29, 0.717) is 0 Å². The number of nitrogens with one attached hydrogen (secondary N) is 1. The van der Waals surface area contributed by atoms with E-state index in [1.54, 1.807) is 0 Å². The predicted octanol–water partition coefficient (Wildman–Crippen LogP) is 2.33. The summed E-state index contributed by atoms with van der Waals surface area (Å²) in [7, 11) is 0. The molecule has 1 unspecified atom stereocenters. The van der Waals surface area contributed by atoms with Gasteiger partial charge < -0.3 is 19.7 Å². The number of amides is 1. The molecule has 0 fully saturated rings. The van der Waals surface area contributed by atoms with Crippen LogP contribution in [0.2, 0.25) is 0 Å². The zero-order chi connectivity index (χ0) is 17.7. The molecule has 0 saturated carbocycles. The normalized spacial score (nSPS) is 16.1. The van der Waals surface area contributed by atoms with Gasteiger partial charge in [-0.2, -0.15) is 0 Å². The summed E-state index contributed by atoms with van der Waals surface area (Å²) in [5.74, 6) is -0.832. The number of carboxylic acids is 1. The van der Waals surface area contributed by atoms with E-state index < -0.39 is 17.9 Å². The van der Waals surface area contributed by atoms with Crippen molar-refractivity contribution >= 4 is 11.9 Å². The fourth-order valence-electron chi connectivity index (χ4n) is 2.71. The van der Waals surface area contributed by atoms with Gasteiger partial charge in [0.1, 0.15) is 11.8 Å². The van der Waals surface area contributed by atoms with E-state index in [-0.39, 0.29) is 24.3 Å². The number of fused-ring (bicyclic) bond motifs is 1. The Kier molecular flexibility index (Phi) is 5.99. The summed E-state index contributed by atoms with van der Waals surface area (Å²) in [5, 5.41) is 15.7. The number of rotatable bonds is 6. The van der Waals surface area contributed by atoms with E-state index in [0.717, 1.165) is 43.4 Å². The van der Waals surface area contributed by atoms with Gasteiger partial charge in [-0.05, 0) is 40.0 Å². The summed E-state index contributed by atoms with van der Waals surface area (Å²) in [6, 6.07) is -1.02. The zero-order valence-corrected chi connectivity index (χ0v) is 14.6. The number of nitrogens with zero attached hydrogens (tertiary/aromatic N) is 1. The van der Waals surface area contributed by atoms with Gasteiger partial charge >= 0.3 is 5.97 Å². The second kappa shape index (κ2) is 7.79. The van der Waals surface area contributed by atoms with Gasteiger partial charge in [-0.15, -0.1) is 0 Å². The smallest absolute Gasteiger partial charge is 0.326 e. The van der Waals surface area contributed by atoms with Crippen LogP contribution in [-0.4, -0.2) is 40.4 Å². The van der Waals surface area contributed by atoms with E-state index in [9.17, 15) is 14.7 Å². The quantitative estimate of drug-likeness (QED) is 0.772. The first-order valence-electron chi connectivity index (χ1n) is 8.43. The Bertz CT molecular complexity index is 588. The van der Waals surface area contributed by atoms with Crippen LogP contribution in [0.25, 0.3) is 0 Å². The second-order valence-electron chi connectivity index (χ2n) is 7.11. The van der Waals surface area contributed by atoms with Crippen LogP contribution in [0.1, 0.15) is 68.3 Å². The third-order valence-corrected chi connectivity index (χ3v) is 3.96. The number of carbonyl (C=O) groups excluding carboxylic acids is 1. The summed E-state index contributed by atoms with van der Waals surface area (Å²) in [4.78, 5) is 23.8. The summed E-state index contributed by atoms with van der Waals surface area (Å²) in [6.45, 7) is 5.93. The van der Waals surface area contributed by atoms with Crippen LogP contribution in [0.3, 0.4) is 0 Å². The standard InChI is InChI=1S/C17H26N2O5/c1-17(2,3)23-10-9-12(16(21)22)18-15(20)14-11-7-5-4-6-8-13(11)24-19-14/h12H,4-10H2,1-3H3,(H,18,20)(H,21,22). The van der Waals surface area contributed by atoms with Crippen LogP contribution < -0.4 is 5.32 Å². The van der Waals surface area contributed by atoms with Crippen LogP contribution in [-0.2, 0) is 22.4 Å². The number of aliphatic carboxylic acids is 1. The topological polar surface area (TPSA) is 102 Å². The van der Waals surface area contributed by atoms with E-state index in [4.69, 9.17) is 9.26 Å². The molecule has 0 bridgehead atoms. The molecule has 1 aromatic heterocycles. The molecule has 0 saturated heterocycles. The molecule has 0 aromatic carbocycles. The first kappa shape index (κ1) is 18.4. The number of carboxylic acid groups (broad SMARTS) is 1. The van der Waals surface area contributed by atoms with Crippen molar-refractivity contribution in [3.63, 3.8) is 0 Å². The molecule has 7 nitrogen and oxygen atoms in total. The number of hydrogen-bond donors (Lipinski definition) is 2. The summed E-state index contributed by atoms with van der Waals surface area (Å²) in [6.07, 6.45) is 4.80. The Hall–Kier alpha value is -1.89. The molecule has 1 aliphatic rings. The lowest BCUT2D eigenvalue weighted by Crippen LogP contribution is -2.42. The van der Waals surface area contributed by atoms with Gasteiger partial charge in [-0.25, -0.2) is 4.79 Å². The van der Waals surface area contributed by atoms with Crippen molar-refractivity contribution in [3.05, 3.63) is 17.0 Å². The van der Waals surface area contributed by atoms with Crippen molar-refractivity contribution in [3.8, 4) is 0 Å². The highest BCUT2D eigenvalue weighted by molar-refractivity contribution is 5.96. The fraction of sp³-hybridized carbons (Fsp3) is 0.706. The molecule has 134 valence electrons. The Morgan fingerprint density at radius 1 is 1.29 bits per heavy atom. The molecule has 0 aliphatic heterocycles. The highest BCUT2D eigenvalue weighted by atomic mass is 16.5. The molecule has 0 spiro atoms. The van der Waals surface area contributed by atoms with Gasteiger partial charge in [0.2, 0.25) is 0 Å². The monoisotopic (exact) mass is 338 g/mol. The molecule has 7 heteroatoms. The first-order chi connectivity index (χ1) is 11.3. The van der Waals surface area contributed by atoms with Crippen molar-refractivity contribution in [1.82, 2.24) is 10.5 Å². The van der Waals surface area contributed by atoms with E-state index in [1.807, 2.05) is 20.8 Å². The van der Waals surface area contributed by atoms with Gasteiger partial charge in [-0.3, -0.25) is 4.79 Å². The van der Waals surface area contributed by atoms with E-state index >= 15 is 0 Å². The largest absolute Gasteiger partial charge is 0.480 e. The third-order valence-electron chi connectivity index (χ3n) is 3.96. The maximum Gasteiger partial charge on any atom is 0.326 e. The fourth-order valence-corrected chi connectivity index (χ4v) is 2.71. The molecule has 1 amide bonds. The SMILES string of the molecule is CC(C)(C)OCCC(NC(=O)c1noc2c1CCCCC2)C(=O)O. The molecule has 24 heavy (non-hydrogen) atoms. The predicted molar refractivity (Wildman–Crippen MR) is 87.0 cm³/mol. The Morgan fingerprint density at radius 3 is 2.67 bits per heavy atom. The van der Waals surface area contributed by atoms with Crippen LogP contribution in [0, 0.1) is 0 Å². The van der Waals surface area contributed by atoms with Crippen LogP contribution in [0.5, 0.6) is 0 Å².